The number of pyridine rings is 2. The van der Waals surface area contributed by atoms with Gasteiger partial charge in [-0.1, -0.05) is 18.2 Å². The summed E-state index contributed by atoms with van der Waals surface area (Å²) in [5, 5.41) is 13.6. The maximum atomic E-state index is 11.9. The Labute approximate surface area is 177 Å². The third kappa shape index (κ3) is 4.45. The molecule has 4 rings (SSSR count). The number of carbonyl (C=O) groups excluding carboxylic acids is 2. The minimum absolute atomic E-state index is 0.242. The van der Waals surface area contributed by atoms with Crippen LogP contribution in [0.15, 0.2) is 65.5 Å². The van der Waals surface area contributed by atoms with Gasteiger partial charge in [-0.2, -0.15) is 0 Å². The summed E-state index contributed by atoms with van der Waals surface area (Å²) in [6.45, 7) is 2.29. The first-order valence-electron chi connectivity index (χ1n) is 9.52. The lowest BCUT2D eigenvalue weighted by molar-refractivity contribution is 0.112. The lowest BCUT2D eigenvalue weighted by atomic mass is 10.0. The Morgan fingerprint density at radius 2 is 1.81 bits per heavy atom. The molecule has 0 fully saturated rings. The van der Waals surface area contributed by atoms with E-state index in [-0.39, 0.29) is 11.9 Å². The predicted octanol–water partition coefficient (Wildman–Crippen LogP) is 3.81. The molecule has 0 saturated carbocycles. The van der Waals surface area contributed by atoms with E-state index < -0.39 is 0 Å². The zero-order valence-corrected chi connectivity index (χ0v) is 16.6. The Hall–Kier alpha value is -4.40. The molecule has 4 aromatic rings. The molecule has 0 atom stereocenters. The fourth-order valence-corrected chi connectivity index (χ4v) is 2.95. The molecule has 0 unspecified atom stereocenters. The molecule has 0 radical (unpaired) electrons. The molecule has 0 aliphatic carbocycles. The average molecular weight is 414 g/mol. The number of hydrogen-bond acceptors (Lipinski definition) is 7. The van der Waals surface area contributed by atoms with Crippen molar-refractivity contribution in [3.05, 3.63) is 66.6 Å². The minimum atomic E-state index is -0.381. The third-order valence-corrected chi connectivity index (χ3v) is 4.37. The summed E-state index contributed by atoms with van der Waals surface area (Å²) in [5.41, 5.74) is 3.02. The number of aldehydes is 1. The van der Waals surface area contributed by atoms with Gasteiger partial charge in [-0.3, -0.25) is 15.1 Å². The van der Waals surface area contributed by atoms with Crippen molar-refractivity contribution in [1.29, 1.82) is 0 Å². The van der Waals surface area contributed by atoms with Gasteiger partial charge in [-0.05, 0) is 31.2 Å². The van der Waals surface area contributed by atoms with E-state index in [1.807, 2.05) is 37.3 Å². The molecular formula is C22H18N6O3. The van der Waals surface area contributed by atoms with E-state index in [0.29, 0.717) is 40.5 Å². The second-order valence-electron chi connectivity index (χ2n) is 6.50. The standard InChI is InChI=1S/C22H18N6O3/c1-2-24-22(30)26-19-9-17(18(12-25-19)16-8-14(13-29)10-23-11-16)21-28-27-20(31-21)15-6-4-3-5-7-15/h3-13H,2H2,1H3,(H2,24,25,26,30). The van der Waals surface area contributed by atoms with Gasteiger partial charge in [0.2, 0.25) is 11.8 Å². The normalized spacial score (nSPS) is 10.5. The fraction of sp³-hybridized carbons (Fsp3) is 0.0909. The van der Waals surface area contributed by atoms with E-state index in [4.69, 9.17) is 4.42 Å². The summed E-state index contributed by atoms with van der Waals surface area (Å²) in [4.78, 5) is 31.5. The van der Waals surface area contributed by atoms with Crippen LogP contribution in [0.3, 0.4) is 0 Å². The first kappa shape index (κ1) is 19.9. The van der Waals surface area contributed by atoms with Crippen LogP contribution in [0.5, 0.6) is 0 Å². The maximum absolute atomic E-state index is 11.9. The topological polar surface area (TPSA) is 123 Å². The van der Waals surface area contributed by atoms with Gasteiger partial charge in [0.05, 0.1) is 5.56 Å². The van der Waals surface area contributed by atoms with Crippen LogP contribution < -0.4 is 10.6 Å². The first-order valence-corrected chi connectivity index (χ1v) is 9.52. The Kier molecular flexibility index (Phi) is 5.75. The number of urea groups is 1. The van der Waals surface area contributed by atoms with Crippen molar-refractivity contribution >= 4 is 18.1 Å². The highest BCUT2D eigenvalue weighted by Gasteiger charge is 2.18. The van der Waals surface area contributed by atoms with Crippen LogP contribution in [-0.2, 0) is 0 Å². The SMILES string of the molecule is CCNC(=O)Nc1cc(-c2nnc(-c3ccccc3)o2)c(-c2cncc(C=O)c2)cn1. The third-order valence-electron chi connectivity index (χ3n) is 4.37. The molecule has 9 nitrogen and oxygen atoms in total. The summed E-state index contributed by atoms with van der Waals surface area (Å²) in [7, 11) is 0. The van der Waals surface area contributed by atoms with Crippen molar-refractivity contribution in [2.45, 2.75) is 6.92 Å². The van der Waals surface area contributed by atoms with Crippen LogP contribution in [0, 0.1) is 0 Å². The second kappa shape index (κ2) is 8.95. The summed E-state index contributed by atoms with van der Waals surface area (Å²) in [5.74, 6) is 0.909. The number of amides is 2. The highest BCUT2D eigenvalue weighted by molar-refractivity contribution is 5.90. The van der Waals surface area contributed by atoms with Gasteiger partial charge in [-0.25, -0.2) is 9.78 Å². The molecule has 154 valence electrons. The number of nitrogens with one attached hydrogen (secondary N) is 2. The molecule has 31 heavy (non-hydrogen) atoms. The minimum Gasteiger partial charge on any atom is -0.416 e. The lowest BCUT2D eigenvalue weighted by Gasteiger charge is -2.10. The molecule has 0 aliphatic heterocycles. The number of hydrogen-bond donors (Lipinski definition) is 2. The lowest BCUT2D eigenvalue weighted by Crippen LogP contribution is -2.28. The van der Waals surface area contributed by atoms with E-state index >= 15 is 0 Å². The molecule has 0 spiro atoms. The predicted molar refractivity (Wildman–Crippen MR) is 114 cm³/mol. The van der Waals surface area contributed by atoms with Crippen molar-refractivity contribution < 1.29 is 14.0 Å². The monoisotopic (exact) mass is 414 g/mol. The maximum Gasteiger partial charge on any atom is 0.320 e. The van der Waals surface area contributed by atoms with Gasteiger partial charge in [0, 0.05) is 47.4 Å². The molecule has 1 aromatic carbocycles. The molecule has 0 saturated heterocycles. The molecule has 3 aromatic heterocycles. The number of aromatic nitrogens is 4. The Morgan fingerprint density at radius 1 is 1.00 bits per heavy atom. The van der Waals surface area contributed by atoms with Gasteiger partial charge in [0.25, 0.3) is 0 Å². The largest absolute Gasteiger partial charge is 0.416 e. The molecule has 9 heteroatoms. The van der Waals surface area contributed by atoms with Crippen LogP contribution >= 0.6 is 0 Å². The molecule has 2 N–H and O–H groups in total. The Morgan fingerprint density at radius 3 is 2.58 bits per heavy atom. The van der Waals surface area contributed by atoms with Gasteiger partial charge in [0.1, 0.15) is 5.82 Å². The number of rotatable bonds is 6. The van der Waals surface area contributed by atoms with E-state index in [1.165, 1.54) is 6.20 Å². The Balaban J connectivity index is 1.80. The summed E-state index contributed by atoms with van der Waals surface area (Å²) < 4.78 is 5.91. The molecule has 2 amide bonds. The zero-order valence-electron chi connectivity index (χ0n) is 16.6. The number of anilines is 1. The molecular weight excluding hydrogens is 396 g/mol. The van der Waals surface area contributed by atoms with Gasteiger partial charge in [-0.15, -0.1) is 10.2 Å². The van der Waals surface area contributed by atoms with Crippen LogP contribution in [0.25, 0.3) is 34.0 Å². The van der Waals surface area contributed by atoms with Crippen LogP contribution in [0.4, 0.5) is 10.6 Å². The van der Waals surface area contributed by atoms with Crippen LogP contribution in [0.1, 0.15) is 17.3 Å². The van der Waals surface area contributed by atoms with Gasteiger partial charge in [0.15, 0.2) is 6.29 Å². The van der Waals surface area contributed by atoms with Gasteiger partial charge >= 0.3 is 6.03 Å². The fourth-order valence-electron chi connectivity index (χ4n) is 2.95. The second-order valence-corrected chi connectivity index (χ2v) is 6.50. The van der Waals surface area contributed by atoms with Crippen molar-refractivity contribution in [1.82, 2.24) is 25.5 Å². The first-order chi connectivity index (χ1) is 15.2. The molecule has 3 heterocycles. The van der Waals surface area contributed by atoms with E-state index in [2.05, 4.69) is 30.8 Å². The molecule has 0 aliphatic rings. The van der Waals surface area contributed by atoms with E-state index in [9.17, 15) is 9.59 Å². The van der Waals surface area contributed by atoms with Gasteiger partial charge < -0.3 is 9.73 Å². The van der Waals surface area contributed by atoms with Crippen molar-refractivity contribution in [2.75, 3.05) is 11.9 Å². The van der Waals surface area contributed by atoms with Crippen LogP contribution in [-0.4, -0.2) is 39.0 Å². The van der Waals surface area contributed by atoms with Crippen molar-refractivity contribution in [3.63, 3.8) is 0 Å². The number of benzene rings is 1. The summed E-state index contributed by atoms with van der Waals surface area (Å²) in [6, 6.07) is 12.3. The summed E-state index contributed by atoms with van der Waals surface area (Å²) in [6.07, 6.45) is 5.36. The number of nitrogens with zero attached hydrogens (tertiary/aromatic N) is 4. The quantitative estimate of drug-likeness (QED) is 0.460. The highest BCUT2D eigenvalue weighted by atomic mass is 16.4. The van der Waals surface area contributed by atoms with E-state index in [0.717, 1.165) is 11.8 Å². The molecule has 0 bridgehead atoms. The van der Waals surface area contributed by atoms with Crippen molar-refractivity contribution in [3.8, 4) is 34.0 Å². The average Bonchev–Trinajstić information content (AvgIpc) is 3.30. The number of carbonyl (C=O) groups is 2. The van der Waals surface area contributed by atoms with Crippen molar-refractivity contribution in [2.24, 2.45) is 0 Å². The zero-order chi connectivity index (χ0) is 21.6. The summed E-state index contributed by atoms with van der Waals surface area (Å²) >= 11 is 0. The van der Waals surface area contributed by atoms with Crippen LogP contribution in [0.2, 0.25) is 0 Å². The Bertz CT molecular complexity index is 1220. The highest BCUT2D eigenvalue weighted by Crippen LogP contribution is 2.33. The smallest absolute Gasteiger partial charge is 0.320 e. The van der Waals surface area contributed by atoms with E-state index in [1.54, 1.807) is 24.5 Å².